The smallest absolute Gasteiger partial charge is 0.223 e. The van der Waals surface area contributed by atoms with Crippen LogP contribution in [0.3, 0.4) is 0 Å². The van der Waals surface area contributed by atoms with Gasteiger partial charge in [0.1, 0.15) is 5.52 Å². The number of hydrogen-bond acceptors (Lipinski definition) is 4. The molecule has 104 valence electrons. The van der Waals surface area contributed by atoms with Gasteiger partial charge in [0.2, 0.25) is 5.95 Å². The average molecular weight is 276 g/mol. The Balaban J connectivity index is 1.66. The predicted octanol–water partition coefficient (Wildman–Crippen LogP) is 3.51. The van der Waals surface area contributed by atoms with E-state index in [1.165, 1.54) is 17.5 Å². The van der Waals surface area contributed by atoms with Crippen LogP contribution < -0.4 is 5.32 Å². The first-order chi connectivity index (χ1) is 10.4. The van der Waals surface area contributed by atoms with Gasteiger partial charge in [-0.25, -0.2) is 9.97 Å². The maximum Gasteiger partial charge on any atom is 0.223 e. The Bertz CT molecular complexity index is 784. The van der Waals surface area contributed by atoms with Gasteiger partial charge in [-0.1, -0.05) is 24.3 Å². The predicted molar refractivity (Wildman–Crippen MR) is 83.1 cm³/mol. The zero-order chi connectivity index (χ0) is 14.1. The first-order valence-electron chi connectivity index (χ1n) is 7.32. The van der Waals surface area contributed by atoms with Crippen LogP contribution in [0, 0.1) is 0 Å². The lowest BCUT2D eigenvalue weighted by atomic mass is 9.88. The standard InChI is InChI=1S/C17H16N4/c1-2-7-13-12(5-1)6-3-8-14(13)20-17-19-11-16-15(21-17)9-4-10-18-16/h1-2,4-5,7,9-11,14H,3,6,8H2,(H,19,20,21). The van der Waals surface area contributed by atoms with Crippen LogP contribution in [0.5, 0.6) is 0 Å². The minimum absolute atomic E-state index is 0.295. The van der Waals surface area contributed by atoms with Crippen molar-refractivity contribution >= 4 is 17.0 Å². The van der Waals surface area contributed by atoms with E-state index in [-0.39, 0.29) is 0 Å². The van der Waals surface area contributed by atoms with Gasteiger partial charge in [-0.3, -0.25) is 4.98 Å². The van der Waals surface area contributed by atoms with E-state index >= 15 is 0 Å². The molecule has 0 amide bonds. The highest BCUT2D eigenvalue weighted by atomic mass is 15.1. The summed E-state index contributed by atoms with van der Waals surface area (Å²) in [5, 5.41) is 3.48. The zero-order valence-corrected chi connectivity index (χ0v) is 11.7. The lowest BCUT2D eigenvalue weighted by Gasteiger charge is -2.26. The summed E-state index contributed by atoms with van der Waals surface area (Å²) in [5.41, 5.74) is 4.51. The van der Waals surface area contributed by atoms with E-state index in [2.05, 4.69) is 44.5 Å². The second-order valence-corrected chi connectivity index (χ2v) is 5.39. The Morgan fingerprint density at radius 1 is 1.00 bits per heavy atom. The fourth-order valence-corrected chi connectivity index (χ4v) is 3.00. The third-order valence-corrected chi connectivity index (χ3v) is 4.02. The Hall–Kier alpha value is -2.49. The SMILES string of the molecule is c1ccc2c(c1)CCCC2Nc1ncc2ncccc2n1. The van der Waals surface area contributed by atoms with Crippen molar-refractivity contribution in [3.05, 3.63) is 59.9 Å². The van der Waals surface area contributed by atoms with E-state index in [4.69, 9.17) is 0 Å². The molecule has 1 N–H and O–H groups in total. The Morgan fingerprint density at radius 2 is 1.95 bits per heavy atom. The van der Waals surface area contributed by atoms with Gasteiger partial charge < -0.3 is 5.32 Å². The molecule has 2 aromatic heterocycles. The summed E-state index contributed by atoms with van der Waals surface area (Å²) in [6.07, 6.45) is 7.02. The van der Waals surface area contributed by atoms with Gasteiger partial charge >= 0.3 is 0 Å². The van der Waals surface area contributed by atoms with Gasteiger partial charge in [0.25, 0.3) is 0 Å². The minimum atomic E-state index is 0.295. The van der Waals surface area contributed by atoms with Crippen molar-refractivity contribution in [3.63, 3.8) is 0 Å². The fraction of sp³-hybridized carbons (Fsp3) is 0.235. The van der Waals surface area contributed by atoms with Crippen molar-refractivity contribution in [3.8, 4) is 0 Å². The molecule has 1 aliphatic rings. The Labute approximate surface area is 123 Å². The van der Waals surface area contributed by atoms with Gasteiger partial charge in [-0.2, -0.15) is 0 Å². The molecule has 4 heteroatoms. The number of pyridine rings is 1. The summed E-state index contributed by atoms with van der Waals surface area (Å²) in [4.78, 5) is 13.2. The maximum absolute atomic E-state index is 4.56. The molecule has 1 atom stereocenters. The summed E-state index contributed by atoms with van der Waals surface area (Å²) in [5.74, 6) is 0.678. The number of anilines is 1. The highest BCUT2D eigenvalue weighted by molar-refractivity contribution is 5.73. The van der Waals surface area contributed by atoms with E-state index in [1.54, 1.807) is 12.4 Å². The lowest BCUT2D eigenvalue weighted by molar-refractivity contribution is 0.597. The molecule has 1 unspecified atom stereocenters. The molecule has 0 aliphatic heterocycles. The molecule has 1 aromatic carbocycles. The largest absolute Gasteiger partial charge is 0.347 e. The molecule has 0 radical (unpaired) electrons. The van der Waals surface area contributed by atoms with Crippen molar-refractivity contribution in [2.75, 3.05) is 5.32 Å². The number of nitrogens with zero attached hydrogens (tertiary/aromatic N) is 3. The summed E-state index contributed by atoms with van der Waals surface area (Å²) in [6.45, 7) is 0. The summed E-state index contributed by atoms with van der Waals surface area (Å²) >= 11 is 0. The van der Waals surface area contributed by atoms with E-state index < -0.39 is 0 Å². The van der Waals surface area contributed by atoms with Crippen LogP contribution >= 0.6 is 0 Å². The highest BCUT2D eigenvalue weighted by Crippen LogP contribution is 2.31. The minimum Gasteiger partial charge on any atom is -0.347 e. The van der Waals surface area contributed by atoms with Gasteiger partial charge in [-0.15, -0.1) is 0 Å². The van der Waals surface area contributed by atoms with Crippen LogP contribution in [0.2, 0.25) is 0 Å². The van der Waals surface area contributed by atoms with Crippen molar-refractivity contribution in [2.24, 2.45) is 0 Å². The van der Waals surface area contributed by atoms with Crippen LogP contribution in [0.4, 0.5) is 5.95 Å². The van der Waals surface area contributed by atoms with Crippen LogP contribution in [-0.4, -0.2) is 15.0 Å². The van der Waals surface area contributed by atoms with Gasteiger partial charge in [0.15, 0.2) is 0 Å². The first kappa shape index (κ1) is 12.3. The van der Waals surface area contributed by atoms with Gasteiger partial charge in [0.05, 0.1) is 17.8 Å². The molecule has 3 aromatic rings. The molecular weight excluding hydrogens is 260 g/mol. The molecule has 0 saturated carbocycles. The maximum atomic E-state index is 4.56. The number of hydrogen-bond donors (Lipinski definition) is 1. The van der Waals surface area contributed by atoms with Crippen LogP contribution in [0.25, 0.3) is 11.0 Å². The second kappa shape index (κ2) is 5.13. The second-order valence-electron chi connectivity index (χ2n) is 5.39. The number of rotatable bonds is 2. The lowest BCUT2D eigenvalue weighted by Crippen LogP contribution is -2.18. The van der Waals surface area contributed by atoms with E-state index in [9.17, 15) is 0 Å². The molecule has 0 fully saturated rings. The van der Waals surface area contributed by atoms with E-state index in [0.717, 1.165) is 23.9 Å². The quantitative estimate of drug-likeness (QED) is 0.778. The number of benzene rings is 1. The van der Waals surface area contributed by atoms with Crippen molar-refractivity contribution in [2.45, 2.75) is 25.3 Å². The van der Waals surface area contributed by atoms with Crippen LogP contribution in [-0.2, 0) is 6.42 Å². The van der Waals surface area contributed by atoms with E-state index in [0.29, 0.717) is 12.0 Å². The number of nitrogens with one attached hydrogen (secondary N) is 1. The topological polar surface area (TPSA) is 50.7 Å². The normalized spacial score (nSPS) is 17.4. The van der Waals surface area contributed by atoms with Crippen molar-refractivity contribution < 1.29 is 0 Å². The molecule has 1 aliphatic carbocycles. The molecule has 0 spiro atoms. The number of aromatic nitrogens is 3. The average Bonchev–Trinajstić information content (AvgIpc) is 2.55. The molecule has 4 rings (SSSR count). The Kier molecular flexibility index (Phi) is 2.99. The summed E-state index contributed by atoms with van der Waals surface area (Å²) in [6, 6.07) is 12.8. The molecule has 2 heterocycles. The molecule has 4 nitrogen and oxygen atoms in total. The Morgan fingerprint density at radius 3 is 2.95 bits per heavy atom. The first-order valence-corrected chi connectivity index (χ1v) is 7.32. The van der Waals surface area contributed by atoms with Gasteiger partial charge in [0, 0.05) is 6.20 Å². The van der Waals surface area contributed by atoms with Crippen LogP contribution in [0.1, 0.15) is 30.0 Å². The van der Waals surface area contributed by atoms with Crippen molar-refractivity contribution in [1.29, 1.82) is 0 Å². The zero-order valence-electron chi connectivity index (χ0n) is 11.7. The molecule has 0 bridgehead atoms. The fourth-order valence-electron chi connectivity index (χ4n) is 3.00. The highest BCUT2D eigenvalue weighted by Gasteiger charge is 2.20. The van der Waals surface area contributed by atoms with Gasteiger partial charge in [-0.05, 0) is 42.5 Å². The monoisotopic (exact) mass is 276 g/mol. The number of fused-ring (bicyclic) bond motifs is 2. The summed E-state index contributed by atoms with van der Waals surface area (Å²) in [7, 11) is 0. The van der Waals surface area contributed by atoms with Crippen LogP contribution in [0.15, 0.2) is 48.8 Å². The third kappa shape index (κ3) is 2.33. The number of aryl methyl sites for hydroxylation is 1. The molecule has 21 heavy (non-hydrogen) atoms. The summed E-state index contributed by atoms with van der Waals surface area (Å²) < 4.78 is 0. The molecule has 0 saturated heterocycles. The van der Waals surface area contributed by atoms with E-state index in [1.807, 2.05) is 12.1 Å². The third-order valence-electron chi connectivity index (χ3n) is 4.02. The van der Waals surface area contributed by atoms with Crippen molar-refractivity contribution in [1.82, 2.24) is 15.0 Å². The molecular formula is C17H16N4.